The Labute approximate surface area is 194 Å². The van der Waals surface area contributed by atoms with Crippen molar-refractivity contribution in [1.29, 1.82) is 0 Å². The highest BCUT2D eigenvalue weighted by molar-refractivity contribution is 6.02. The summed E-state index contributed by atoms with van der Waals surface area (Å²) in [5, 5.41) is 11.1. The zero-order valence-corrected chi connectivity index (χ0v) is 17.9. The van der Waals surface area contributed by atoms with Gasteiger partial charge in [-0.05, 0) is 35.9 Å². The molecule has 166 valence electrons. The smallest absolute Gasteiger partial charge is 0.291 e. The van der Waals surface area contributed by atoms with Crippen molar-refractivity contribution in [2.24, 2.45) is 0 Å². The van der Waals surface area contributed by atoms with Crippen molar-refractivity contribution in [1.82, 2.24) is 10.2 Å². The second-order valence-electron chi connectivity index (χ2n) is 7.48. The molecule has 0 saturated carbocycles. The van der Waals surface area contributed by atoms with E-state index in [9.17, 15) is 9.59 Å². The largest absolute Gasteiger partial charge is 0.459 e. The minimum Gasteiger partial charge on any atom is -0.459 e. The van der Waals surface area contributed by atoms with Crippen molar-refractivity contribution in [3.05, 3.63) is 118 Å². The quantitative estimate of drug-likeness (QED) is 0.345. The Morgan fingerprint density at radius 3 is 2.62 bits per heavy atom. The number of aromatic nitrogens is 2. The highest BCUT2D eigenvalue weighted by Crippen LogP contribution is 2.28. The van der Waals surface area contributed by atoms with Gasteiger partial charge < -0.3 is 14.5 Å². The highest BCUT2D eigenvalue weighted by Gasteiger charge is 2.10. The van der Waals surface area contributed by atoms with E-state index in [0.29, 0.717) is 17.2 Å². The maximum Gasteiger partial charge on any atom is 0.291 e. The van der Waals surface area contributed by atoms with Gasteiger partial charge in [0.1, 0.15) is 11.5 Å². The summed E-state index contributed by atoms with van der Waals surface area (Å²) in [6, 6.07) is 25.0. The number of amides is 1. The van der Waals surface area contributed by atoms with Crippen molar-refractivity contribution in [3.63, 3.8) is 0 Å². The number of H-pyrrole nitrogens is 1. The molecular formula is C27H19N3O4. The molecule has 0 bridgehead atoms. The number of hydrogen-bond acceptors (Lipinski definition) is 5. The van der Waals surface area contributed by atoms with Crippen molar-refractivity contribution < 1.29 is 13.9 Å². The standard InChI is InChI=1S/C27H19N3O4/c31-20-13-14-33-26(16-20)27(32)28-19-7-4-8-21(15-19)34-22-10-11-23-24(29-30-25(23)17-22)12-9-18-5-2-1-3-6-18/h1-17H,(H,28,32)(H,29,30)/b12-9+. The Balaban J connectivity index is 1.31. The van der Waals surface area contributed by atoms with Gasteiger partial charge in [-0.1, -0.05) is 42.5 Å². The average molecular weight is 449 g/mol. The van der Waals surface area contributed by atoms with E-state index in [4.69, 9.17) is 9.15 Å². The normalized spacial score (nSPS) is 11.1. The van der Waals surface area contributed by atoms with Crippen LogP contribution in [0.2, 0.25) is 0 Å². The van der Waals surface area contributed by atoms with E-state index in [1.165, 1.54) is 12.3 Å². The van der Waals surface area contributed by atoms with Crippen molar-refractivity contribution >= 4 is 34.6 Å². The Morgan fingerprint density at radius 1 is 0.912 bits per heavy atom. The lowest BCUT2D eigenvalue weighted by atomic mass is 10.1. The summed E-state index contributed by atoms with van der Waals surface area (Å²) in [6.07, 6.45) is 5.17. The van der Waals surface area contributed by atoms with Gasteiger partial charge in [0.05, 0.1) is 17.5 Å². The van der Waals surface area contributed by atoms with Crippen LogP contribution in [0.15, 0.2) is 100 Å². The van der Waals surface area contributed by atoms with Gasteiger partial charge in [-0.2, -0.15) is 5.10 Å². The molecule has 0 atom stereocenters. The van der Waals surface area contributed by atoms with Crippen LogP contribution in [-0.4, -0.2) is 16.1 Å². The fourth-order valence-electron chi connectivity index (χ4n) is 3.42. The number of carbonyl (C=O) groups is 1. The van der Waals surface area contributed by atoms with E-state index in [0.717, 1.165) is 28.2 Å². The van der Waals surface area contributed by atoms with Crippen LogP contribution in [-0.2, 0) is 0 Å². The third-order valence-electron chi connectivity index (χ3n) is 5.05. The lowest BCUT2D eigenvalue weighted by Crippen LogP contribution is -2.14. The summed E-state index contributed by atoms with van der Waals surface area (Å²) in [6.45, 7) is 0. The molecule has 0 fully saturated rings. The molecule has 0 aliphatic heterocycles. The summed E-state index contributed by atoms with van der Waals surface area (Å²) in [7, 11) is 0. The molecule has 0 saturated heterocycles. The van der Waals surface area contributed by atoms with Gasteiger partial charge >= 0.3 is 0 Å². The lowest BCUT2D eigenvalue weighted by Gasteiger charge is -2.09. The van der Waals surface area contributed by atoms with Crippen molar-refractivity contribution in [3.8, 4) is 11.5 Å². The van der Waals surface area contributed by atoms with Gasteiger partial charge in [0.2, 0.25) is 0 Å². The number of nitrogens with one attached hydrogen (secondary N) is 2. The van der Waals surface area contributed by atoms with E-state index in [1.807, 2.05) is 60.7 Å². The average Bonchev–Trinajstić information content (AvgIpc) is 3.26. The SMILES string of the molecule is O=C(Nc1cccc(Oc2ccc3c(/C=C/c4ccccc4)n[nH]c3c2)c1)c1cc(=O)cco1. The summed E-state index contributed by atoms with van der Waals surface area (Å²) in [5.41, 5.74) is 2.97. The van der Waals surface area contributed by atoms with Crippen LogP contribution in [0.1, 0.15) is 21.8 Å². The lowest BCUT2D eigenvalue weighted by molar-refractivity contribution is 0.0994. The van der Waals surface area contributed by atoms with Gasteiger partial charge in [-0.3, -0.25) is 14.7 Å². The first kappa shape index (κ1) is 21.0. The number of ether oxygens (including phenoxy) is 1. The summed E-state index contributed by atoms with van der Waals surface area (Å²) in [5.74, 6) is 0.563. The van der Waals surface area contributed by atoms with Crippen molar-refractivity contribution in [2.45, 2.75) is 0 Å². The Kier molecular flexibility index (Phi) is 5.73. The number of anilines is 1. The van der Waals surface area contributed by atoms with E-state index in [-0.39, 0.29) is 11.2 Å². The number of rotatable bonds is 6. The molecule has 34 heavy (non-hydrogen) atoms. The minimum atomic E-state index is -0.523. The zero-order chi connectivity index (χ0) is 23.3. The molecular weight excluding hydrogens is 430 g/mol. The molecule has 5 rings (SSSR count). The van der Waals surface area contributed by atoms with Gasteiger partial charge in [0, 0.05) is 35.3 Å². The van der Waals surface area contributed by atoms with Crippen LogP contribution < -0.4 is 15.5 Å². The molecule has 0 unspecified atom stereocenters. The third kappa shape index (κ3) is 4.78. The molecule has 0 spiro atoms. The molecule has 0 aliphatic rings. The second-order valence-corrected chi connectivity index (χ2v) is 7.48. The zero-order valence-electron chi connectivity index (χ0n) is 17.9. The Morgan fingerprint density at radius 2 is 1.76 bits per heavy atom. The van der Waals surface area contributed by atoms with Crippen LogP contribution in [0.3, 0.4) is 0 Å². The summed E-state index contributed by atoms with van der Waals surface area (Å²) in [4.78, 5) is 23.8. The molecule has 2 heterocycles. The maximum atomic E-state index is 12.3. The number of hydrogen-bond donors (Lipinski definition) is 2. The first-order valence-electron chi connectivity index (χ1n) is 10.5. The van der Waals surface area contributed by atoms with Crippen LogP contribution in [0, 0.1) is 0 Å². The molecule has 7 nitrogen and oxygen atoms in total. The molecule has 2 N–H and O–H groups in total. The van der Waals surface area contributed by atoms with Gasteiger partial charge in [0.25, 0.3) is 5.91 Å². The monoisotopic (exact) mass is 449 g/mol. The van der Waals surface area contributed by atoms with Crippen LogP contribution in [0.25, 0.3) is 23.1 Å². The molecule has 2 aromatic heterocycles. The Hall–Kier alpha value is -4.91. The number of fused-ring (bicyclic) bond motifs is 1. The minimum absolute atomic E-state index is 0.0689. The van der Waals surface area contributed by atoms with E-state index in [2.05, 4.69) is 15.5 Å². The molecule has 0 radical (unpaired) electrons. The van der Waals surface area contributed by atoms with E-state index >= 15 is 0 Å². The predicted octanol–water partition coefficient (Wildman–Crippen LogP) is 5.73. The van der Waals surface area contributed by atoms with Gasteiger partial charge in [-0.15, -0.1) is 0 Å². The first-order valence-corrected chi connectivity index (χ1v) is 10.5. The molecule has 5 aromatic rings. The highest BCUT2D eigenvalue weighted by atomic mass is 16.5. The van der Waals surface area contributed by atoms with E-state index < -0.39 is 5.91 Å². The van der Waals surface area contributed by atoms with Gasteiger partial charge in [0.15, 0.2) is 11.2 Å². The number of nitrogens with zero attached hydrogens (tertiary/aromatic N) is 1. The van der Waals surface area contributed by atoms with Crippen LogP contribution in [0.5, 0.6) is 11.5 Å². The maximum absolute atomic E-state index is 12.3. The molecule has 1 amide bonds. The summed E-state index contributed by atoms with van der Waals surface area (Å²) >= 11 is 0. The fourth-order valence-corrected chi connectivity index (χ4v) is 3.42. The first-order chi connectivity index (χ1) is 16.6. The predicted molar refractivity (Wildman–Crippen MR) is 131 cm³/mol. The fraction of sp³-hybridized carbons (Fsp3) is 0. The van der Waals surface area contributed by atoms with E-state index in [1.54, 1.807) is 24.3 Å². The summed E-state index contributed by atoms with van der Waals surface area (Å²) < 4.78 is 11.1. The molecule has 3 aromatic carbocycles. The third-order valence-corrected chi connectivity index (χ3v) is 5.05. The number of benzene rings is 3. The number of aromatic amines is 1. The molecule has 7 heteroatoms. The Bertz CT molecular complexity index is 1550. The van der Waals surface area contributed by atoms with Crippen LogP contribution >= 0.6 is 0 Å². The van der Waals surface area contributed by atoms with Crippen molar-refractivity contribution in [2.75, 3.05) is 5.32 Å². The molecule has 0 aliphatic carbocycles. The number of carbonyl (C=O) groups excluding carboxylic acids is 1. The second kappa shape index (κ2) is 9.30. The topological polar surface area (TPSA) is 97.2 Å². The van der Waals surface area contributed by atoms with Crippen LogP contribution in [0.4, 0.5) is 5.69 Å². The van der Waals surface area contributed by atoms with Gasteiger partial charge in [-0.25, -0.2) is 0 Å².